The average molecular weight is 356 g/mol. The van der Waals surface area contributed by atoms with Crippen LogP contribution >= 0.6 is 0 Å². The van der Waals surface area contributed by atoms with Gasteiger partial charge in [0.15, 0.2) is 0 Å². The number of ether oxygens (including phenoxy) is 2. The minimum Gasteiger partial charge on any atom is -0.497 e. The summed E-state index contributed by atoms with van der Waals surface area (Å²) >= 11 is 0. The number of morpholine rings is 1. The largest absolute Gasteiger partial charge is 0.497 e. The van der Waals surface area contributed by atoms with Gasteiger partial charge in [0.25, 0.3) is 0 Å². The van der Waals surface area contributed by atoms with Crippen LogP contribution in [0.2, 0.25) is 0 Å². The van der Waals surface area contributed by atoms with E-state index in [0.717, 1.165) is 22.1 Å². The average Bonchev–Trinajstić information content (AvgIpc) is 2.70. The lowest BCUT2D eigenvalue weighted by molar-refractivity contribution is -0.137. The molecule has 0 saturated carbocycles. The highest BCUT2D eigenvalue weighted by atomic mass is 16.5. The first-order valence-electron chi connectivity index (χ1n) is 8.84. The number of benzene rings is 2. The number of nitrogens with zero attached hydrogens (tertiary/aromatic N) is 1. The molecular formula is C20H24N2O4. The molecule has 1 fully saturated rings. The maximum Gasteiger partial charge on any atom is 0.223 e. The molecule has 2 aromatic rings. The smallest absolute Gasteiger partial charge is 0.223 e. The monoisotopic (exact) mass is 356 g/mol. The number of rotatable bonds is 6. The topological polar surface area (TPSA) is 67.9 Å². The van der Waals surface area contributed by atoms with Crippen LogP contribution in [0.15, 0.2) is 36.4 Å². The number of hydrogen-bond acceptors (Lipinski definition) is 4. The Balaban J connectivity index is 1.48. The van der Waals surface area contributed by atoms with Crippen LogP contribution in [0.1, 0.15) is 18.4 Å². The summed E-state index contributed by atoms with van der Waals surface area (Å²) in [4.78, 5) is 25.8. The highest BCUT2D eigenvalue weighted by Crippen LogP contribution is 2.21. The van der Waals surface area contributed by atoms with Crippen molar-refractivity contribution in [2.75, 3.05) is 33.4 Å². The van der Waals surface area contributed by atoms with Crippen molar-refractivity contribution < 1.29 is 19.1 Å². The zero-order valence-electron chi connectivity index (χ0n) is 15.0. The van der Waals surface area contributed by atoms with E-state index in [0.29, 0.717) is 32.8 Å². The summed E-state index contributed by atoms with van der Waals surface area (Å²) in [5.41, 5.74) is 1.02. The molecule has 0 spiro atoms. The summed E-state index contributed by atoms with van der Waals surface area (Å²) in [5.74, 6) is 0.730. The lowest BCUT2D eigenvalue weighted by Crippen LogP contribution is -2.41. The lowest BCUT2D eigenvalue weighted by atomic mass is 10.1. The van der Waals surface area contributed by atoms with E-state index in [1.165, 1.54) is 0 Å². The molecule has 0 aromatic heterocycles. The molecule has 1 N–H and O–H groups in total. The van der Waals surface area contributed by atoms with E-state index in [2.05, 4.69) is 5.32 Å². The summed E-state index contributed by atoms with van der Waals surface area (Å²) < 4.78 is 10.5. The van der Waals surface area contributed by atoms with Crippen molar-refractivity contribution in [3.8, 4) is 5.75 Å². The molecule has 26 heavy (non-hydrogen) atoms. The Bertz CT molecular complexity index is 784. The maximum absolute atomic E-state index is 12.1. The third-order valence-corrected chi connectivity index (χ3v) is 4.53. The van der Waals surface area contributed by atoms with Crippen molar-refractivity contribution in [2.45, 2.75) is 19.4 Å². The zero-order valence-corrected chi connectivity index (χ0v) is 15.0. The fourth-order valence-electron chi connectivity index (χ4n) is 2.99. The molecule has 0 aliphatic carbocycles. The second kappa shape index (κ2) is 8.67. The standard InChI is InChI=1S/C20H24N2O4/c1-25-18-5-4-16-12-15(2-3-17(16)13-18)14-21-19(23)6-7-20(24)22-8-10-26-11-9-22/h2-5,12-13H,6-11,14H2,1H3,(H,21,23). The Morgan fingerprint density at radius 1 is 1.08 bits per heavy atom. The van der Waals surface area contributed by atoms with Gasteiger partial charge in [-0.3, -0.25) is 9.59 Å². The molecule has 138 valence electrons. The van der Waals surface area contributed by atoms with Gasteiger partial charge in [-0.25, -0.2) is 0 Å². The number of carbonyl (C=O) groups excluding carboxylic acids is 2. The molecule has 0 radical (unpaired) electrons. The maximum atomic E-state index is 12.1. The first-order valence-corrected chi connectivity index (χ1v) is 8.84. The Hall–Kier alpha value is -2.60. The number of fused-ring (bicyclic) bond motifs is 1. The Morgan fingerprint density at radius 2 is 1.81 bits per heavy atom. The third kappa shape index (κ3) is 4.73. The van der Waals surface area contributed by atoms with Crippen molar-refractivity contribution in [3.05, 3.63) is 42.0 Å². The van der Waals surface area contributed by atoms with E-state index in [1.807, 2.05) is 36.4 Å². The van der Waals surface area contributed by atoms with Gasteiger partial charge in [-0.15, -0.1) is 0 Å². The van der Waals surface area contributed by atoms with E-state index < -0.39 is 0 Å². The van der Waals surface area contributed by atoms with E-state index in [1.54, 1.807) is 12.0 Å². The summed E-state index contributed by atoms with van der Waals surface area (Å²) in [6, 6.07) is 12.0. The first kappa shape index (κ1) is 18.2. The summed E-state index contributed by atoms with van der Waals surface area (Å²) in [6.45, 7) is 2.83. The van der Waals surface area contributed by atoms with Crippen molar-refractivity contribution >= 4 is 22.6 Å². The van der Waals surface area contributed by atoms with Crippen LogP contribution in [-0.2, 0) is 20.9 Å². The van der Waals surface area contributed by atoms with E-state index in [9.17, 15) is 9.59 Å². The van der Waals surface area contributed by atoms with Crippen LogP contribution in [-0.4, -0.2) is 50.1 Å². The first-order chi connectivity index (χ1) is 12.7. The molecule has 0 atom stereocenters. The summed E-state index contributed by atoms with van der Waals surface area (Å²) in [6.07, 6.45) is 0.449. The number of methoxy groups -OCH3 is 1. The van der Waals surface area contributed by atoms with Gasteiger partial charge in [-0.05, 0) is 34.5 Å². The molecule has 6 heteroatoms. The lowest BCUT2D eigenvalue weighted by Gasteiger charge is -2.26. The summed E-state index contributed by atoms with van der Waals surface area (Å²) in [5, 5.41) is 5.08. The molecule has 6 nitrogen and oxygen atoms in total. The number of hydrogen-bond donors (Lipinski definition) is 1. The van der Waals surface area contributed by atoms with Crippen LogP contribution in [0.25, 0.3) is 10.8 Å². The van der Waals surface area contributed by atoms with E-state index in [4.69, 9.17) is 9.47 Å². The molecule has 0 unspecified atom stereocenters. The van der Waals surface area contributed by atoms with Crippen LogP contribution < -0.4 is 10.1 Å². The molecule has 1 heterocycles. The molecular weight excluding hydrogens is 332 g/mol. The Morgan fingerprint density at radius 3 is 2.58 bits per heavy atom. The number of nitrogens with one attached hydrogen (secondary N) is 1. The summed E-state index contributed by atoms with van der Waals surface area (Å²) in [7, 11) is 1.65. The molecule has 2 aromatic carbocycles. The van der Waals surface area contributed by atoms with Crippen molar-refractivity contribution in [3.63, 3.8) is 0 Å². The fraction of sp³-hybridized carbons (Fsp3) is 0.400. The molecule has 1 aliphatic heterocycles. The van der Waals surface area contributed by atoms with Crippen LogP contribution in [0.5, 0.6) is 5.75 Å². The van der Waals surface area contributed by atoms with E-state index in [-0.39, 0.29) is 24.7 Å². The van der Waals surface area contributed by atoms with E-state index >= 15 is 0 Å². The van der Waals surface area contributed by atoms with Gasteiger partial charge < -0.3 is 19.7 Å². The molecule has 1 saturated heterocycles. The highest BCUT2D eigenvalue weighted by Gasteiger charge is 2.17. The fourth-order valence-corrected chi connectivity index (χ4v) is 2.99. The normalized spacial score (nSPS) is 14.3. The third-order valence-electron chi connectivity index (χ3n) is 4.53. The quantitative estimate of drug-likeness (QED) is 0.861. The van der Waals surface area contributed by atoms with Crippen molar-refractivity contribution in [1.82, 2.24) is 10.2 Å². The molecule has 1 aliphatic rings. The number of amides is 2. The minimum atomic E-state index is -0.110. The van der Waals surface area contributed by atoms with Crippen LogP contribution in [0.4, 0.5) is 0 Å². The van der Waals surface area contributed by atoms with Gasteiger partial charge in [0.05, 0.1) is 20.3 Å². The van der Waals surface area contributed by atoms with Crippen LogP contribution in [0, 0.1) is 0 Å². The second-order valence-corrected chi connectivity index (χ2v) is 6.32. The predicted octanol–water partition coefficient (Wildman–Crippen LogP) is 2.10. The SMILES string of the molecule is COc1ccc2cc(CNC(=O)CCC(=O)N3CCOCC3)ccc2c1. The van der Waals surface area contributed by atoms with Gasteiger partial charge in [0.2, 0.25) is 11.8 Å². The molecule has 3 rings (SSSR count). The van der Waals surface area contributed by atoms with Crippen LogP contribution in [0.3, 0.4) is 0 Å². The van der Waals surface area contributed by atoms with Gasteiger partial charge in [0.1, 0.15) is 5.75 Å². The van der Waals surface area contributed by atoms with Gasteiger partial charge in [-0.1, -0.05) is 18.2 Å². The Labute approximate surface area is 153 Å². The van der Waals surface area contributed by atoms with Gasteiger partial charge in [0, 0.05) is 32.5 Å². The molecule has 2 amide bonds. The predicted molar refractivity (Wildman–Crippen MR) is 99.0 cm³/mol. The van der Waals surface area contributed by atoms with Gasteiger partial charge >= 0.3 is 0 Å². The van der Waals surface area contributed by atoms with Crippen molar-refractivity contribution in [2.24, 2.45) is 0 Å². The number of carbonyl (C=O) groups is 2. The van der Waals surface area contributed by atoms with Crippen molar-refractivity contribution in [1.29, 1.82) is 0 Å². The second-order valence-electron chi connectivity index (χ2n) is 6.32. The van der Waals surface area contributed by atoms with Gasteiger partial charge in [-0.2, -0.15) is 0 Å². The minimum absolute atomic E-state index is 0.0168. The highest BCUT2D eigenvalue weighted by molar-refractivity contribution is 5.85. The Kier molecular flexibility index (Phi) is 6.07. The zero-order chi connectivity index (χ0) is 18.4. The molecule has 0 bridgehead atoms.